The lowest BCUT2D eigenvalue weighted by atomic mass is 9.93. The number of aromatic nitrogens is 5. The van der Waals surface area contributed by atoms with Crippen molar-refractivity contribution in [3.05, 3.63) is 30.9 Å². The first-order valence-electron chi connectivity index (χ1n) is 10.3. The number of nitrogens with one attached hydrogen (secondary N) is 1. The molecule has 1 N–H and O–H groups in total. The molecule has 0 aromatic carbocycles. The van der Waals surface area contributed by atoms with Crippen LogP contribution in [-0.2, 0) is 22.6 Å². The Hall–Kier alpha value is -2.90. The maximum atomic E-state index is 11.5. The SMILES string of the molecule is CCOC(=O)CCn1cc(Nc2ncc3ccn(CC(CC)C(C)C)c3n2)cn1. The highest BCUT2D eigenvalue weighted by Gasteiger charge is 2.14. The van der Waals surface area contributed by atoms with Gasteiger partial charge >= 0.3 is 5.97 Å². The van der Waals surface area contributed by atoms with Gasteiger partial charge in [-0.3, -0.25) is 9.48 Å². The summed E-state index contributed by atoms with van der Waals surface area (Å²) in [5.74, 6) is 1.53. The summed E-state index contributed by atoms with van der Waals surface area (Å²) in [4.78, 5) is 20.6. The lowest BCUT2D eigenvalue weighted by Gasteiger charge is -2.20. The van der Waals surface area contributed by atoms with E-state index >= 15 is 0 Å². The van der Waals surface area contributed by atoms with Crippen molar-refractivity contribution >= 4 is 28.6 Å². The van der Waals surface area contributed by atoms with Crippen LogP contribution in [-0.4, -0.2) is 36.9 Å². The maximum Gasteiger partial charge on any atom is 0.307 e. The average molecular weight is 399 g/mol. The third-order valence-electron chi connectivity index (χ3n) is 5.14. The van der Waals surface area contributed by atoms with Crippen LogP contribution in [0.1, 0.15) is 40.5 Å². The zero-order valence-electron chi connectivity index (χ0n) is 17.6. The van der Waals surface area contributed by atoms with Gasteiger partial charge in [-0.1, -0.05) is 27.2 Å². The van der Waals surface area contributed by atoms with Crippen LogP contribution < -0.4 is 5.32 Å². The fourth-order valence-electron chi connectivity index (χ4n) is 3.36. The standard InChI is InChI=1S/C21H30N6O2/c1-5-16(15(3)4)13-26-9-7-17-11-22-21(25-20(17)26)24-18-12-23-27(14-18)10-8-19(28)29-6-2/h7,9,11-12,14-16H,5-6,8,10,13H2,1-4H3,(H,22,24,25). The minimum Gasteiger partial charge on any atom is -0.466 e. The second-order valence-electron chi connectivity index (χ2n) is 7.53. The second-order valence-corrected chi connectivity index (χ2v) is 7.53. The molecule has 3 heterocycles. The summed E-state index contributed by atoms with van der Waals surface area (Å²) >= 11 is 0. The molecule has 1 unspecified atom stereocenters. The summed E-state index contributed by atoms with van der Waals surface area (Å²) in [6.07, 6.45) is 8.88. The first-order chi connectivity index (χ1) is 14.0. The molecule has 0 saturated heterocycles. The quantitative estimate of drug-likeness (QED) is 0.519. The molecule has 8 heteroatoms. The number of fused-ring (bicyclic) bond motifs is 1. The van der Waals surface area contributed by atoms with Crippen LogP contribution in [0.3, 0.4) is 0 Å². The molecule has 0 amide bonds. The number of anilines is 2. The number of aryl methyl sites for hydroxylation is 1. The van der Waals surface area contributed by atoms with Crippen molar-refractivity contribution in [1.29, 1.82) is 0 Å². The molecule has 0 aliphatic heterocycles. The summed E-state index contributed by atoms with van der Waals surface area (Å²) in [5.41, 5.74) is 1.70. The van der Waals surface area contributed by atoms with Crippen molar-refractivity contribution in [2.75, 3.05) is 11.9 Å². The first kappa shape index (κ1) is 20.8. The van der Waals surface area contributed by atoms with E-state index in [0.29, 0.717) is 37.4 Å². The fourth-order valence-corrected chi connectivity index (χ4v) is 3.36. The highest BCUT2D eigenvalue weighted by molar-refractivity contribution is 5.76. The van der Waals surface area contributed by atoms with Crippen molar-refractivity contribution in [3.8, 4) is 0 Å². The molecule has 0 saturated carbocycles. The summed E-state index contributed by atoms with van der Waals surface area (Å²) in [6.45, 7) is 10.4. The number of hydrogen-bond acceptors (Lipinski definition) is 6. The van der Waals surface area contributed by atoms with Crippen LogP contribution in [0.15, 0.2) is 30.9 Å². The average Bonchev–Trinajstić information content (AvgIpc) is 3.31. The van der Waals surface area contributed by atoms with E-state index in [2.05, 4.69) is 53.0 Å². The molecule has 3 rings (SSSR count). The number of carbonyl (C=O) groups is 1. The number of carbonyl (C=O) groups excluding carboxylic acids is 1. The highest BCUT2D eigenvalue weighted by Crippen LogP contribution is 2.22. The zero-order chi connectivity index (χ0) is 20.8. The van der Waals surface area contributed by atoms with E-state index in [1.54, 1.807) is 17.8 Å². The van der Waals surface area contributed by atoms with Gasteiger partial charge in [-0.25, -0.2) is 4.98 Å². The minimum absolute atomic E-state index is 0.223. The number of hydrogen-bond donors (Lipinski definition) is 1. The Morgan fingerprint density at radius 1 is 1.28 bits per heavy atom. The highest BCUT2D eigenvalue weighted by atomic mass is 16.5. The Morgan fingerprint density at radius 3 is 2.83 bits per heavy atom. The monoisotopic (exact) mass is 398 g/mol. The number of ether oxygens (including phenoxy) is 1. The second kappa shape index (κ2) is 9.54. The van der Waals surface area contributed by atoms with Gasteiger partial charge in [0.25, 0.3) is 0 Å². The van der Waals surface area contributed by atoms with Gasteiger partial charge < -0.3 is 14.6 Å². The molecular weight excluding hydrogens is 368 g/mol. The molecule has 0 aliphatic carbocycles. The largest absolute Gasteiger partial charge is 0.466 e. The third-order valence-corrected chi connectivity index (χ3v) is 5.14. The zero-order valence-corrected chi connectivity index (χ0v) is 17.6. The van der Waals surface area contributed by atoms with Crippen LogP contribution in [0.25, 0.3) is 11.0 Å². The predicted molar refractivity (Wildman–Crippen MR) is 113 cm³/mol. The van der Waals surface area contributed by atoms with Crippen molar-refractivity contribution in [2.24, 2.45) is 11.8 Å². The van der Waals surface area contributed by atoms with Crippen LogP contribution in [0.4, 0.5) is 11.6 Å². The molecule has 0 radical (unpaired) electrons. The van der Waals surface area contributed by atoms with Gasteiger partial charge in [0.15, 0.2) is 0 Å². The summed E-state index contributed by atoms with van der Waals surface area (Å²) in [5, 5.41) is 8.50. The molecular formula is C21H30N6O2. The number of rotatable bonds is 10. The maximum absolute atomic E-state index is 11.5. The molecule has 3 aromatic heterocycles. The van der Waals surface area contributed by atoms with Gasteiger partial charge in [0.2, 0.25) is 5.95 Å². The number of esters is 1. The molecule has 0 aliphatic rings. The summed E-state index contributed by atoms with van der Waals surface area (Å²) in [7, 11) is 0. The molecule has 8 nitrogen and oxygen atoms in total. The Balaban J connectivity index is 1.69. The van der Waals surface area contributed by atoms with Crippen LogP contribution in [0, 0.1) is 11.8 Å². The van der Waals surface area contributed by atoms with E-state index in [1.165, 1.54) is 0 Å². The molecule has 156 valence electrons. The Kier molecular flexibility index (Phi) is 6.85. The van der Waals surface area contributed by atoms with Gasteiger partial charge in [-0.05, 0) is 24.8 Å². The minimum atomic E-state index is -0.223. The third kappa shape index (κ3) is 5.34. The Morgan fingerprint density at radius 2 is 2.10 bits per heavy atom. The van der Waals surface area contributed by atoms with Gasteiger partial charge in [0, 0.05) is 30.5 Å². The van der Waals surface area contributed by atoms with Gasteiger partial charge in [0.1, 0.15) is 5.65 Å². The molecule has 3 aromatic rings. The van der Waals surface area contributed by atoms with Gasteiger partial charge in [-0.2, -0.15) is 10.1 Å². The van der Waals surface area contributed by atoms with E-state index in [9.17, 15) is 4.79 Å². The van der Waals surface area contributed by atoms with Crippen LogP contribution >= 0.6 is 0 Å². The van der Waals surface area contributed by atoms with E-state index in [-0.39, 0.29) is 5.97 Å². The number of nitrogens with zero attached hydrogens (tertiary/aromatic N) is 5. The fraction of sp³-hybridized carbons (Fsp3) is 0.524. The molecule has 0 spiro atoms. The molecule has 0 bridgehead atoms. The van der Waals surface area contributed by atoms with Crippen LogP contribution in [0.5, 0.6) is 0 Å². The van der Waals surface area contributed by atoms with Crippen molar-refractivity contribution < 1.29 is 9.53 Å². The van der Waals surface area contributed by atoms with Crippen molar-refractivity contribution in [3.63, 3.8) is 0 Å². The van der Waals surface area contributed by atoms with Gasteiger partial charge in [-0.15, -0.1) is 0 Å². The molecule has 1 atom stereocenters. The van der Waals surface area contributed by atoms with E-state index in [1.807, 2.05) is 12.4 Å². The van der Waals surface area contributed by atoms with Crippen molar-refractivity contribution in [2.45, 2.75) is 53.6 Å². The topological polar surface area (TPSA) is 86.9 Å². The summed E-state index contributed by atoms with van der Waals surface area (Å²) in [6, 6.07) is 2.06. The lowest BCUT2D eigenvalue weighted by Crippen LogP contribution is -2.15. The summed E-state index contributed by atoms with van der Waals surface area (Å²) < 4.78 is 8.85. The lowest BCUT2D eigenvalue weighted by molar-refractivity contribution is -0.143. The van der Waals surface area contributed by atoms with E-state index < -0.39 is 0 Å². The van der Waals surface area contributed by atoms with Gasteiger partial charge in [0.05, 0.1) is 31.5 Å². The molecule has 29 heavy (non-hydrogen) atoms. The van der Waals surface area contributed by atoms with Crippen molar-refractivity contribution in [1.82, 2.24) is 24.3 Å². The Bertz CT molecular complexity index is 946. The molecule has 0 fully saturated rings. The predicted octanol–water partition coefficient (Wildman–Crippen LogP) is 4.01. The van der Waals surface area contributed by atoms with E-state index in [4.69, 9.17) is 9.72 Å². The van der Waals surface area contributed by atoms with E-state index in [0.717, 1.165) is 29.7 Å². The normalized spacial score (nSPS) is 12.4. The first-order valence-corrected chi connectivity index (χ1v) is 10.3. The Labute approximate surface area is 171 Å². The smallest absolute Gasteiger partial charge is 0.307 e. The van der Waals surface area contributed by atoms with Crippen LogP contribution in [0.2, 0.25) is 0 Å².